The first-order chi connectivity index (χ1) is 14.8. The zero-order chi connectivity index (χ0) is 21.6. The van der Waals surface area contributed by atoms with Gasteiger partial charge >= 0.3 is 10.3 Å². The Labute approximate surface area is 182 Å². The normalized spacial score (nSPS) is 34.2. The maximum atomic E-state index is 13.7. The van der Waals surface area contributed by atoms with E-state index in [0.29, 0.717) is 36.8 Å². The summed E-state index contributed by atoms with van der Waals surface area (Å²) in [5.74, 6) is 0.720. The van der Waals surface area contributed by atoms with Crippen LogP contribution in [0.4, 0.5) is 8.78 Å². The van der Waals surface area contributed by atoms with Gasteiger partial charge in [0.05, 0.1) is 0 Å². The molecule has 0 bridgehead atoms. The van der Waals surface area contributed by atoms with Crippen molar-refractivity contribution in [3.05, 3.63) is 46.6 Å². The van der Waals surface area contributed by atoms with Gasteiger partial charge in [-0.3, -0.25) is 0 Å². The van der Waals surface area contributed by atoms with Crippen LogP contribution in [0.5, 0.6) is 5.75 Å². The zero-order valence-electron chi connectivity index (χ0n) is 17.7. The highest BCUT2D eigenvalue weighted by molar-refractivity contribution is 7.84. The average Bonchev–Trinajstić information content (AvgIpc) is 3.09. The van der Waals surface area contributed by atoms with Crippen LogP contribution in [0.1, 0.15) is 63.0 Å². The van der Waals surface area contributed by atoms with Gasteiger partial charge in [-0.2, -0.15) is 21.5 Å². The van der Waals surface area contributed by atoms with E-state index < -0.39 is 21.8 Å². The molecule has 1 aliphatic heterocycles. The van der Waals surface area contributed by atoms with Crippen LogP contribution in [-0.2, 0) is 16.7 Å². The van der Waals surface area contributed by atoms with Crippen molar-refractivity contribution in [3.8, 4) is 5.75 Å². The Hall–Kier alpha value is -1.73. The standard InChI is InChI=1S/C24H27F2NO3S/c1-23-9-8-19-18-6-5-17(30-31(28,29)27-10-2-3-11-27)12-15(18)4-7-20(19)24(23)14-16(24)13-21(23)22(25)26/h5-6,12,16H,2-4,7-11,13-14H2,1H3/t16-,23-,24?/m1/s1. The first-order valence-electron chi connectivity index (χ1n) is 11.4. The van der Waals surface area contributed by atoms with E-state index in [9.17, 15) is 17.2 Å². The van der Waals surface area contributed by atoms with Gasteiger partial charge in [0, 0.05) is 29.5 Å². The Bertz CT molecular complexity index is 1150. The van der Waals surface area contributed by atoms with Gasteiger partial charge < -0.3 is 4.18 Å². The predicted molar refractivity (Wildman–Crippen MR) is 114 cm³/mol. The Morgan fingerprint density at radius 3 is 2.68 bits per heavy atom. The van der Waals surface area contributed by atoms with E-state index in [2.05, 4.69) is 6.92 Å². The predicted octanol–water partition coefficient (Wildman–Crippen LogP) is 5.47. The monoisotopic (exact) mass is 447 g/mol. The van der Waals surface area contributed by atoms with Crippen LogP contribution in [-0.4, -0.2) is 25.8 Å². The second-order valence-electron chi connectivity index (χ2n) is 10.1. The number of nitrogens with zero attached hydrogens (tertiary/aromatic N) is 1. The summed E-state index contributed by atoms with van der Waals surface area (Å²) >= 11 is 0. The molecule has 1 heterocycles. The number of hydrogen-bond donors (Lipinski definition) is 0. The van der Waals surface area contributed by atoms with Crippen molar-refractivity contribution in [3.63, 3.8) is 0 Å². The van der Waals surface area contributed by atoms with Crippen molar-refractivity contribution in [1.29, 1.82) is 0 Å². The summed E-state index contributed by atoms with van der Waals surface area (Å²) in [7, 11) is -3.76. The lowest BCUT2D eigenvalue weighted by Gasteiger charge is -2.45. The fraction of sp³-hybridized carbons (Fsp3) is 0.583. The van der Waals surface area contributed by atoms with Gasteiger partial charge in [0.2, 0.25) is 0 Å². The maximum Gasteiger partial charge on any atom is 0.385 e. The van der Waals surface area contributed by atoms with Crippen molar-refractivity contribution in [2.45, 2.75) is 58.3 Å². The van der Waals surface area contributed by atoms with Crippen LogP contribution in [0.15, 0.2) is 35.4 Å². The van der Waals surface area contributed by atoms with Gasteiger partial charge in [-0.1, -0.05) is 18.6 Å². The fourth-order valence-electron chi connectivity index (χ4n) is 7.29. The molecule has 3 fully saturated rings. The van der Waals surface area contributed by atoms with Crippen LogP contribution in [0, 0.1) is 16.7 Å². The largest absolute Gasteiger partial charge is 0.385 e. The lowest BCUT2D eigenvalue weighted by atomic mass is 9.58. The highest BCUT2D eigenvalue weighted by Crippen LogP contribution is 2.82. The lowest BCUT2D eigenvalue weighted by Crippen LogP contribution is -2.35. The van der Waals surface area contributed by atoms with Gasteiger partial charge in [-0.25, -0.2) is 0 Å². The van der Waals surface area contributed by atoms with Gasteiger partial charge in [0.25, 0.3) is 6.08 Å². The van der Waals surface area contributed by atoms with Crippen molar-refractivity contribution in [2.75, 3.05) is 13.1 Å². The van der Waals surface area contributed by atoms with Crippen LogP contribution < -0.4 is 4.18 Å². The van der Waals surface area contributed by atoms with Crippen LogP contribution >= 0.6 is 0 Å². The van der Waals surface area contributed by atoms with E-state index in [1.165, 1.54) is 15.5 Å². The average molecular weight is 448 g/mol. The van der Waals surface area contributed by atoms with Crippen LogP contribution in [0.25, 0.3) is 5.57 Å². The molecule has 31 heavy (non-hydrogen) atoms. The molecule has 0 amide bonds. The molecule has 7 heteroatoms. The van der Waals surface area contributed by atoms with E-state index in [-0.39, 0.29) is 5.41 Å². The number of allylic oxidation sites excluding steroid dienone is 3. The van der Waals surface area contributed by atoms with Crippen molar-refractivity contribution in [2.24, 2.45) is 16.7 Å². The molecule has 1 aromatic carbocycles. The summed E-state index contributed by atoms with van der Waals surface area (Å²) in [6.07, 6.45) is 5.09. The second-order valence-corrected chi connectivity index (χ2v) is 11.6. The summed E-state index contributed by atoms with van der Waals surface area (Å²) in [5, 5.41) is 0. The first-order valence-corrected chi connectivity index (χ1v) is 12.7. The Morgan fingerprint density at radius 2 is 1.94 bits per heavy atom. The van der Waals surface area contributed by atoms with Gasteiger partial charge in [-0.05, 0) is 86.1 Å². The van der Waals surface area contributed by atoms with Crippen LogP contribution in [0.2, 0.25) is 0 Å². The van der Waals surface area contributed by atoms with E-state index >= 15 is 0 Å². The molecular formula is C24H27F2NO3S. The van der Waals surface area contributed by atoms with E-state index in [1.54, 1.807) is 6.07 Å². The van der Waals surface area contributed by atoms with E-state index in [4.69, 9.17) is 4.18 Å². The topological polar surface area (TPSA) is 46.6 Å². The highest BCUT2D eigenvalue weighted by atomic mass is 32.2. The summed E-state index contributed by atoms with van der Waals surface area (Å²) < 4.78 is 59.3. The first kappa shape index (κ1) is 19.9. The highest BCUT2D eigenvalue weighted by Gasteiger charge is 2.73. The minimum Gasteiger partial charge on any atom is -0.371 e. The summed E-state index contributed by atoms with van der Waals surface area (Å²) in [5.41, 5.74) is 4.90. The van der Waals surface area contributed by atoms with E-state index in [1.807, 2.05) is 12.1 Å². The Morgan fingerprint density at radius 1 is 1.16 bits per heavy atom. The molecule has 4 aliphatic carbocycles. The van der Waals surface area contributed by atoms with Gasteiger partial charge in [-0.15, -0.1) is 0 Å². The zero-order valence-corrected chi connectivity index (χ0v) is 18.5. The molecule has 1 saturated heterocycles. The SMILES string of the molecule is C[C@]12CCC3=C(CCc4cc(OS(=O)(=O)N5CCCC5)ccc43)C13C[C@H]3CC2=C(F)F. The van der Waals surface area contributed by atoms with Crippen LogP contribution in [0.3, 0.4) is 0 Å². The van der Waals surface area contributed by atoms with Crippen molar-refractivity contribution in [1.82, 2.24) is 4.31 Å². The molecule has 6 rings (SSSR count). The molecule has 1 spiro atoms. The van der Waals surface area contributed by atoms with Crippen molar-refractivity contribution >= 4 is 15.9 Å². The quantitative estimate of drug-likeness (QED) is 0.618. The van der Waals surface area contributed by atoms with Crippen molar-refractivity contribution < 1.29 is 21.4 Å². The number of benzene rings is 1. The molecule has 4 nitrogen and oxygen atoms in total. The molecule has 0 radical (unpaired) electrons. The molecule has 0 aromatic heterocycles. The number of fused-ring (bicyclic) bond motifs is 2. The second kappa shape index (κ2) is 6.41. The molecule has 0 N–H and O–H groups in total. The molecule has 166 valence electrons. The van der Waals surface area contributed by atoms with Gasteiger partial charge in [0.1, 0.15) is 5.75 Å². The molecule has 1 unspecified atom stereocenters. The van der Waals surface area contributed by atoms with E-state index in [0.717, 1.165) is 56.1 Å². The number of halogens is 2. The third-order valence-corrected chi connectivity index (χ3v) is 10.2. The maximum absolute atomic E-state index is 13.7. The third kappa shape index (κ3) is 2.62. The molecule has 1 aromatic rings. The summed E-state index contributed by atoms with van der Waals surface area (Å²) in [4.78, 5) is 0. The minimum absolute atomic E-state index is 0.0781. The Kier molecular flexibility index (Phi) is 4.12. The number of hydrogen-bond acceptors (Lipinski definition) is 3. The minimum atomic E-state index is -3.76. The molecule has 5 aliphatic rings. The number of aryl methyl sites for hydroxylation is 1. The summed E-state index contributed by atoms with van der Waals surface area (Å²) in [6, 6.07) is 5.60. The molecule has 3 atom stereocenters. The third-order valence-electron chi connectivity index (χ3n) is 8.84. The Balaban J connectivity index is 1.34. The fourth-order valence-corrected chi connectivity index (χ4v) is 8.45. The smallest absolute Gasteiger partial charge is 0.371 e. The lowest BCUT2D eigenvalue weighted by molar-refractivity contribution is 0.217. The molecule has 2 saturated carbocycles. The van der Waals surface area contributed by atoms with Gasteiger partial charge in [0.15, 0.2) is 0 Å². The molecular weight excluding hydrogens is 420 g/mol. The summed E-state index contributed by atoms with van der Waals surface area (Å²) in [6.45, 7) is 3.09. The number of rotatable bonds is 3.